The lowest BCUT2D eigenvalue weighted by molar-refractivity contribution is -0.134. The summed E-state index contributed by atoms with van der Waals surface area (Å²) in [6.07, 6.45) is 1.80. The Morgan fingerprint density at radius 3 is 2.55 bits per heavy atom. The van der Waals surface area contributed by atoms with Crippen LogP contribution in [0.25, 0.3) is 11.3 Å². The molecule has 2 aromatic rings. The fourth-order valence-corrected chi connectivity index (χ4v) is 2.74. The molecule has 5 nitrogen and oxygen atoms in total. The van der Waals surface area contributed by atoms with Crippen LogP contribution in [0.1, 0.15) is 18.7 Å². The molecule has 0 bridgehead atoms. The molecule has 1 saturated heterocycles. The molecule has 1 fully saturated rings. The summed E-state index contributed by atoms with van der Waals surface area (Å²) in [5.41, 5.74) is 2.04. The maximum absolute atomic E-state index is 12.6. The zero-order chi connectivity index (χ0) is 15.5. The number of amides is 1. The Bertz CT molecular complexity index is 629. The van der Waals surface area contributed by atoms with Crippen LogP contribution < -0.4 is 0 Å². The van der Waals surface area contributed by atoms with Gasteiger partial charge in [0.1, 0.15) is 5.82 Å². The van der Waals surface area contributed by atoms with Crippen LogP contribution in [0.3, 0.4) is 0 Å². The van der Waals surface area contributed by atoms with Gasteiger partial charge in [-0.05, 0) is 19.5 Å². The molecule has 1 atom stereocenters. The molecule has 1 aromatic carbocycles. The Morgan fingerprint density at radius 2 is 1.86 bits per heavy atom. The average Bonchev–Trinajstić information content (AvgIpc) is 3.05. The van der Waals surface area contributed by atoms with Gasteiger partial charge >= 0.3 is 0 Å². The van der Waals surface area contributed by atoms with Crippen molar-refractivity contribution in [2.24, 2.45) is 0 Å². The van der Waals surface area contributed by atoms with Gasteiger partial charge in [0.15, 0.2) is 0 Å². The highest BCUT2D eigenvalue weighted by Gasteiger charge is 2.26. The number of nitrogens with zero attached hydrogens (tertiary/aromatic N) is 3. The third kappa shape index (κ3) is 3.04. The van der Waals surface area contributed by atoms with Crippen molar-refractivity contribution in [3.63, 3.8) is 0 Å². The standard InChI is InChI=1S/C17H22N4O/c1-13(17(22)21-10-8-20(2)9-11-21)16-18-12-15(19-16)14-6-4-3-5-7-14/h3-7,12-13H,8-11H2,1-2H3,(H,18,19). The van der Waals surface area contributed by atoms with Gasteiger partial charge < -0.3 is 14.8 Å². The van der Waals surface area contributed by atoms with Crippen LogP contribution in [0.5, 0.6) is 0 Å². The molecular weight excluding hydrogens is 276 g/mol. The van der Waals surface area contributed by atoms with Crippen molar-refractivity contribution in [3.05, 3.63) is 42.4 Å². The zero-order valence-corrected chi connectivity index (χ0v) is 13.1. The Hall–Kier alpha value is -2.14. The van der Waals surface area contributed by atoms with Crippen molar-refractivity contribution >= 4 is 5.91 Å². The number of benzene rings is 1. The van der Waals surface area contributed by atoms with E-state index in [1.165, 1.54) is 0 Å². The lowest BCUT2D eigenvalue weighted by Gasteiger charge is -2.33. The fraction of sp³-hybridized carbons (Fsp3) is 0.412. The first-order chi connectivity index (χ1) is 10.6. The number of aromatic amines is 1. The van der Waals surface area contributed by atoms with Crippen LogP contribution in [0.2, 0.25) is 0 Å². The minimum Gasteiger partial charge on any atom is -0.341 e. The highest BCUT2D eigenvalue weighted by Crippen LogP contribution is 2.21. The monoisotopic (exact) mass is 298 g/mol. The van der Waals surface area contributed by atoms with E-state index in [1.807, 2.05) is 42.2 Å². The molecule has 0 spiro atoms. The Morgan fingerprint density at radius 1 is 1.18 bits per heavy atom. The van der Waals surface area contributed by atoms with Crippen molar-refractivity contribution in [1.29, 1.82) is 0 Å². The van der Waals surface area contributed by atoms with E-state index in [0.29, 0.717) is 0 Å². The number of rotatable bonds is 3. The smallest absolute Gasteiger partial charge is 0.233 e. The summed E-state index contributed by atoms with van der Waals surface area (Å²) in [6, 6.07) is 10.0. The topological polar surface area (TPSA) is 52.2 Å². The predicted octanol–water partition coefficient (Wildman–Crippen LogP) is 1.95. The summed E-state index contributed by atoms with van der Waals surface area (Å²) >= 11 is 0. The van der Waals surface area contributed by atoms with Gasteiger partial charge in [0, 0.05) is 26.2 Å². The van der Waals surface area contributed by atoms with Gasteiger partial charge in [0.05, 0.1) is 17.8 Å². The third-order valence-electron chi connectivity index (χ3n) is 4.28. The second kappa shape index (κ2) is 6.32. The van der Waals surface area contributed by atoms with Crippen molar-refractivity contribution < 1.29 is 4.79 Å². The summed E-state index contributed by atoms with van der Waals surface area (Å²) in [4.78, 5) is 24.5. The maximum Gasteiger partial charge on any atom is 0.233 e. The van der Waals surface area contributed by atoms with E-state index in [2.05, 4.69) is 21.9 Å². The molecule has 3 rings (SSSR count). The number of likely N-dealkylation sites (N-methyl/N-ethyl adjacent to an activating group) is 1. The second-order valence-electron chi connectivity index (χ2n) is 5.90. The summed E-state index contributed by atoms with van der Waals surface area (Å²) in [6.45, 7) is 5.39. The highest BCUT2D eigenvalue weighted by molar-refractivity contribution is 5.82. The van der Waals surface area contributed by atoms with Crippen LogP contribution in [-0.4, -0.2) is 58.9 Å². The van der Waals surface area contributed by atoms with Gasteiger partial charge in [-0.3, -0.25) is 4.79 Å². The molecule has 0 saturated carbocycles. The third-order valence-corrected chi connectivity index (χ3v) is 4.28. The molecule has 1 N–H and O–H groups in total. The van der Waals surface area contributed by atoms with E-state index >= 15 is 0 Å². The zero-order valence-electron chi connectivity index (χ0n) is 13.1. The molecule has 2 heterocycles. The number of imidazole rings is 1. The van der Waals surface area contributed by atoms with Gasteiger partial charge in [-0.2, -0.15) is 0 Å². The van der Waals surface area contributed by atoms with Crippen molar-refractivity contribution in [2.45, 2.75) is 12.8 Å². The second-order valence-corrected chi connectivity index (χ2v) is 5.90. The first-order valence-electron chi connectivity index (χ1n) is 7.73. The van der Waals surface area contributed by atoms with E-state index in [1.54, 1.807) is 6.20 Å². The van der Waals surface area contributed by atoms with E-state index in [-0.39, 0.29) is 11.8 Å². The lowest BCUT2D eigenvalue weighted by Crippen LogP contribution is -2.48. The molecule has 1 aliphatic rings. The highest BCUT2D eigenvalue weighted by atomic mass is 16.2. The lowest BCUT2D eigenvalue weighted by atomic mass is 10.1. The molecule has 1 aromatic heterocycles. The van der Waals surface area contributed by atoms with Crippen LogP contribution in [-0.2, 0) is 4.79 Å². The number of piperazine rings is 1. The van der Waals surface area contributed by atoms with Gasteiger partial charge in [0.2, 0.25) is 5.91 Å². The van der Waals surface area contributed by atoms with Gasteiger partial charge in [0.25, 0.3) is 0 Å². The van der Waals surface area contributed by atoms with Gasteiger partial charge in [-0.1, -0.05) is 30.3 Å². The number of carbonyl (C=O) groups excluding carboxylic acids is 1. The number of hydrogen-bond acceptors (Lipinski definition) is 3. The van der Waals surface area contributed by atoms with Crippen LogP contribution in [0.15, 0.2) is 36.5 Å². The van der Waals surface area contributed by atoms with E-state index in [4.69, 9.17) is 0 Å². The van der Waals surface area contributed by atoms with E-state index in [0.717, 1.165) is 43.3 Å². The summed E-state index contributed by atoms with van der Waals surface area (Å²) in [5.74, 6) is 0.658. The molecule has 0 aliphatic carbocycles. The summed E-state index contributed by atoms with van der Waals surface area (Å²) in [5, 5.41) is 0. The van der Waals surface area contributed by atoms with Crippen LogP contribution in [0, 0.1) is 0 Å². The largest absolute Gasteiger partial charge is 0.341 e. The predicted molar refractivity (Wildman–Crippen MR) is 86.5 cm³/mol. The minimum atomic E-state index is -0.235. The quantitative estimate of drug-likeness (QED) is 0.942. The molecule has 1 aliphatic heterocycles. The first kappa shape index (κ1) is 14.8. The van der Waals surface area contributed by atoms with Crippen LogP contribution >= 0.6 is 0 Å². The molecule has 0 radical (unpaired) electrons. The molecule has 5 heteroatoms. The number of aromatic nitrogens is 2. The minimum absolute atomic E-state index is 0.155. The van der Waals surface area contributed by atoms with Crippen molar-refractivity contribution in [3.8, 4) is 11.3 Å². The molecule has 116 valence electrons. The van der Waals surface area contributed by atoms with E-state index in [9.17, 15) is 4.79 Å². The Kier molecular flexibility index (Phi) is 4.24. The molecular formula is C17H22N4O. The SMILES string of the molecule is CC(C(=O)N1CCN(C)CC1)c1ncc(-c2ccccc2)[nH]1. The summed E-state index contributed by atoms with van der Waals surface area (Å²) < 4.78 is 0. The number of nitrogens with one attached hydrogen (secondary N) is 1. The Labute approximate surface area is 131 Å². The molecule has 22 heavy (non-hydrogen) atoms. The molecule has 1 unspecified atom stereocenters. The maximum atomic E-state index is 12.6. The van der Waals surface area contributed by atoms with Gasteiger partial charge in [-0.15, -0.1) is 0 Å². The fourth-order valence-electron chi connectivity index (χ4n) is 2.74. The number of hydrogen-bond donors (Lipinski definition) is 1. The van der Waals surface area contributed by atoms with Crippen molar-refractivity contribution in [2.75, 3.05) is 33.2 Å². The van der Waals surface area contributed by atoms with E-state index < -0.39 is 0 Å². The van der Waals surface area contributed by atoms with Crippen LogP contribution in [0.4, 0.5) is 0 Å². The normalized spacial score (nSPS) is 17.5. The Balaban J connectivity index is 1.71. The van der Waals surface area contributed by atoms with Crippen molar-refractivity contribution in [1.82, 2.24) is 19.8 Å². The summed E-state index contributed by atoms with van der Waals surface area (Å²) in [7, 11) is 2.09. The molecule has 1 amide bonds. The number of carbonyl (C=O) groups is 1. The first-order valence-corrected chi connectivity index (χ1v) is 7.73. The van der Waals surface area contributed by atoms with Gasteiger partial charge in [-0.25, -0.2) is 4.98 Å². The number of H-pyrrole nitrogens is 1. The average molecular weight is 298 g/mol.